The van der Waals surface area contributed by atoms with Crippen molar-refractivity contribution in [3.8, 4) is 0 Å². The van der Waals surface area contributed by atoms with E-state index in [4.69, 9.17) is 9.97 Å². The van der Waals surface area contributed by atoms with E-state index in [0.717, 1.165) is 42.1 Å². The first-order valence-corrected chi connectivity index (χ1v) is 9.93. The first kappa shape index (κ1) is 15.6. The average Bonchev–Trinajstić information content (AvgIpc) is 2.50. The molecule has 0 spiro atoms. The molecule has 1 aromatic heterocycles. The van der Waals surface area contributed by atoms with Crippen molar-refractivity contribution in [2.45, 2.75) is 48.9 Å². The standard InChI is InChI=1S/C16H25N3S2/c1-10-11(2)21-15(9-20-10)16-18-8-13-6-12(7-17-3)4-5-14(13)19-16/h8,10-12,15,17H,4-7,9H2,1-3H3. The molecule has 21 heavy (non-hydrogen) atoms. The molecule has 1 aliphatic carbocycles. The summed E-state index contributed by atoms with van der Waals surface area (Å²) < 4.78 is 0. The topological polar surface area (TPSA) is 37.8 Å². The second kappa shape index (κ2) is 6.88. The van der Waals surface area contributed by atoms with Crippen LogP contribution in [0.5, 0.6) is 0 Å². The maximum Gasteiger partial charge on any atom is 0.142 e. The van der Waals surface area contributed by atoms with Gasteiger partial charge in [-0.15, -0.1) is 11.8 Å². The molecule has 116 valence electrons. The van der Waals surface area contributed by atoms with Crippen molar-refractivity contribution in [3.05, 3.63) is 23.3 Å². The normalized spacial score (nSPS) is 32.7. The largest absolute Gasteiger partial charge is 0.319 e. The Kier molecular flexibility index (Phi) is 5.12. The van der Waals surface area contributed by atoms with Crippen molar-refractivity contribution in [2.24, 2.45) is 5.92 Å². The second-order valence-corrected chi connectivity index (χ2v) is 9.23. The van der Waals surface area contributed by atoms with Gasteiger partial charge in [-0.05, 0) is 44.3 Å². The van der Waals surface area contributed by atoms with Gasteiger partial charge in [-0.3, -0.25) is 0 Å². The quantitative estimate of drug-likeness (QED) is 0.925. The maximum absolute atomic E-state index is 4.93. The molecule has 4 atom stereocenters. The number of aryl methyl sites for hydroxylation is 1. The highest BCUT2D eigenvalue weighted by molar-refractivity contribution is 8.07. The third kappa shape index (κ3) is 3.57. The Hall–Kier alpha value is -0.260. The van der Waals surface area contributed by atoms with Gasteiger partial charge >= 0.3 is 0 Å². The Morgan fingerprint density at radius 3 is 2.95 bits per heavy atom. The number of aromatic nitrogens is 2. The molecule has 5 heteroatoms. The van der Waals surface area contributed by atoms with E-state index in [0.29, 0.717) is 10.5 Å². The van der Waals surface area contributed by atoms with E-state index in [1.54, 1.807) is 0 Å². The molecular weight excluding hydrogens is 298 g/mol. The number of fused-ring (bicyclic) bond motifs is 1. The second-order valence-electron chi connectivity index (χ2n) is 6.23. The van der Waals surface area contributed by atoms with Crippen LogP contribution in [-0.2, 0) is 12.8 Å². The summed E-state index contributed by atoms with van der Waals surface area (Å²) in [6, 6.07) is 0. The molecular formula is C16H25N3S2. The van der Waals surface area contributed by atoms with Crippen LogP contribution in [-0.4, -0.2) is 39.8 Å². The number of nitrogens with zero attached hydrogens (tertiary/aromatic N) is 2. The molecule has 1 N–H and O–H groups in total. The first-order chi connectivity index (χ1) is 10.2. The van der Waals surface area contributed by atoms with E-state index >= 15 is 0 Å². The number of hydrogen-bond donors (Lipinski definition) is 1. The van der Waals surface area contributed by atoms with Crippen LogP contribution in [0.2, 0.25) is 0 Å². The molecule has 0 radical (unpaired) electrons. The van der Waals surface area contributed by atoms with Gasteiger partial charge in [-0.25, -0.2) is 9.97 Å². The van der Waals surface area contributed by atoms with Crippen LogP contribution in [0.3, 0.4) is 0 Å². The Morgan fingerprint density at radius 1 is 1.33 bits per heavy atom. The van der Waals surface area contributed by atoms with Crippen molar-refractivity contribution in [3.63, 3.8) is 0 Å². The minimum atomic E-state index is 0.474. The van der Waals surface area contributed by atoms with Crippen LogP contribution in [0.1, 0.15) is 42.6 Å². The fraction of sp³-hybridized carbons (Fsp3) is 0.750. The molecule has 3 rings (SSSR count). The van der Waals surface area contributed by atoms with Gasteiger partial charge < -0.3 is 5.32 Å². The van der Waals surface area contributed by atoms with Gasteiger partial charge in [0.15, 0.2) is 0 Å². The monoisotopic (exact) mass is 323 g/mol. The fourth-order valence-corrected chi connectivity index (χ4v) is 5.99. The fourth-order valence-electron chi connectivity index (χ4n) is 3.14. The molecule has 0 amide bonds. The maximum atomic E-state index is 4.93. The van der Waals surface area contributed by atoms with Crippen LogP contribution < -0.4 is 5.32 Å². The number of thioether (sulfide) groups is 2. The average molecular weight is 324 g/mol. The van der Waals surface area contributed by atoms with Crippen molar-refractivity contribution in [1.82, 2.24) is 15.3 Å². The third-order valence-corrected chi connectivity index (χ3v) is 7.99. The third-order valence-electron chi connectivity index (χ3n) is 4.60. The highest BCUT2D eigenvalue weighted by atomic mass is 32.2. The lowest BCUT2D eigenvalue weighted by molar-refractivity contribution is 0.433. The number of nitrogens with one attached hydrogen (secondary N) is 1. The molecule has 2 aliphatic rings. The summed E-state index contributed by atoms with van der Waals surface area (Å²) in [7, 11) is 2.04. The van der Waals surface area contributed by atoms with Crippen molar-refractivity contribution < 1.29 is 0 Å². The van der Waals surface area contributed by atoms with E-state index in [1.807, 2.05) is 7.05 Å². The minimum absolute atomic E-state index is 0.474. The zero-order valence-electron chi connectivity index (χ0n) is 13.1. The van der Waals surface area contributed by atoms with E-state index in [9.17, 15) is 0 Å². The predicted molar refractivity (Wildman–Crippen MR) is 93.2 cm³/mol. The molecule has 1 aliphatic heterocycles. The van der Waals surface area contributed by atoms with Crippen molar-refractivity contribution in [1.29, 1.82) is 0 Å². The Labute approximate surface area is 136 Å². The lowest BCUT2D eigenvalue weighted by Gasteiger charge is -2.31. The Balaban J connectivity index is 1.72. The van der Waals surface area contributed by atoms with E-state index < -0.39 is 0 Å². The van der Waals surface area contributed by atoms with Crippen molar-refractivity contribution in [2.75, 3.05) is 19.3 Å². The molecule has 0 bridgehead atoms. The molecule has 0 saturated carbocycles. The highest BCUT2D eigenvalue weighted by Crippen LogP contribution is 2.43. The minimum Gasteiger partial charge on any atom is -0.319 e. The van der Waals surface area contributed by atoms with Gasteiger partial charge in [0.05, 0.1) is 5.25 Å². The van der Waals surface area contributed by atoms with Crippen LogP contribution >= 0.6 is 23.5 Å². The molecule has 1 aromatic rings. The number of rotatable bonds is 3. The summed E-state index contributed by atoms with van der Waals surface area (Å²) in [4.78, 5) is 9.63. The smallest absolute Gasteiger partial charge is 0.142 e. The van der Waals surface area contributed by atoms with Gasteiger partial charge in [0, 0.05) is 28.1 Å². The van der Waals surface area contributed by atoms with Gasteiger partial charge in [0.2, 0.25) is 0 Å². The summed E-state index contributed by atoms with van der Waals surface area (Å²) in [5, 5.41) is 5.20. The zero-order valence-corrected chi connectivity index (χ0v) is 14.8. The Morgan fingerprint density at radius 2 is 2.19 bits per heavy atom. The summed E-state index contributed by atoms with van der Waals surface area (Å²) >= 11 is 4.12. The van der Waals surface area contributed by atoms with Crippen LogP contribution in [0, 0.1) is 5.92 Å². The molecule has 4 unspecified atom stereocenters. The van der Waals surface area contributed by atoms with Gasteiger partial charge in [0.25, 0.3) is 0 Å². The van der Waals surface area contributed by atoms with Gasteiger partial charge in [-0.2, -0.15) is 11.8 Å². The molecule has 1 fully saturated rings. The molecule has 1 saturated heterocycles. The number of hydrogen-bond acceptors (Lipinski definition) is 5. The predicted octanol–water partition coefficient (Wildman–Crippen LogP) is 3.10. The summed E-state index contributed by atoms with van der Waals surface area (Å²) in [6.45, 7) is 5.76. The summed E-state index contributed by atoms with van der Waals surface area (Å²) in [5.74, 6) is 2.96. The van der Waals surface area contributed by atoms with Crippen molar-refractivity contribution >= 4 is 23.5 Å². The van der Waals surface area contributed by atoms with Gasteiger partial charge in [0.1, 0.15) is 5.82 Å². The van der Waals surface area contributed by atoms with Crippen LogP contribution in [0.25, 0.3) is 0 Å². The first-order valence-electron chi connectivity index (χ1n) is 7.93. The Bertz CT molecular complexity index is 494. The van der Waals surface area contributed by atoms with Crippen LogP contribution in [0.15, 0.2) is 6.20 Å². The molecule has 0 aromatic carbocycles. The zero-order chi connectivity index (χ0) is 14.8. The van der Waals surface area contributed by atoms with E-state index in [2.05, 4.69) is 48.9 Å². The van der Waals surface area contributed by atoms with E-state index in [-0.39, 0.29) is 0 Å². The lowest BCUT2D eigenvalue weighted by Crippen LogP contribution is -2.27. The van der Waals surface area contributed by atoms with Crippen LogP contribution in [0.4, 0.5) is 0 Å². The summed E-state index contributed by atoms with van der Waals surface area (Å²) in [6.07, 6.45) is 5.61. The van der Waals surface area contributed by atoms with E-state index in [1.165, 1.54) is 17.7 Å². The molecule has 3 nitrogen and oxygen atoms in total. The summed E-state index contributed by atoms with van der Waals surface area (Å²) in [5.41, 5.74) is 2.68. The highest BCUT2D eigenvalue weighted by Gasteiger charge is 2.29. The molecule has 2 heterocycles. The SMILES string of the molecule is CNCC1CCc2nc(C3CSC(C)C(C)S3)ncc2C1. The lowest BCUT2D eigenvalue weighted by atomic mass is 9.87. The van der Waals surface area contributed by atoms with Gasteiger partial charge in [-0.1, -0.05) is 13.8 Å².